The van der Waals surface area contributed by atoms with Crippen LogP contribution in [0.15, 0.2) is 17.0 Å². The Kier molecular flexibility index (Phi) is 5.45. The Labute approximate surface area is 174 Å². The maximum atomic E-state index is 15.2. The Hall–Kier alpha value is -2.83. The molecule has 2 atom stereocenters. The maximum Gasteiger partial charge on any atom is 0.239 e. The Balaban J connectivity index is 2.46. The van der Waals surface area contributed by atoms with Gasteiger partial charge in [-0.2, -0.15) is 5.12 Å². The number of likely N-dealkylation sites (N-methyl/N-ethyl adjacent to an activating group) is 1. The largest absolute Gasteiger partial charge is 0.283 e. The minimum atomic E-state index is -2.96. The second-order valence-electron chi connectivity index (χ2n) is 6.85. The van der Waals surface area contributed by atoms with Crippen LogP contribution in [0, 0.1) is 46.1 Å². The molecule has 1 heterocycles. The summed E-state index contributed by atoms with van der Waals surface area (Å²) in [6.45, 7) is 0.635. The van der Waals surface area contributed by atoms with Crippen LogP contribution in [0.3, 0.4) is 0 Å². The van der Waals surface area contributed by atoms with E-state index in [4.69, 9.17) is 5.41 Å². The zero-order chi connectivity index (χ0) is 23.6. The van der Waals surface area contributed by atoms with Gasteiger partial charge >= 0.3 is 0 Å². The predicted octanol–water partition coefficient (Wildman–Crippen LogP) is 4.54. The molecule has 166 valence electrons. The standard InChI is InChI=1S/C18H11F8N3OS/c1-18(5-3-7(20)8(21)4-6(5)19)10(16(30)28(2)17(27)29(18)26)9-11(22)13(24)15(31)14(25)12(9)23/h3-4,10,27,31H,1-2H3/t10-,18+/m0/s1. The molecule has 0 aromatic heterocycles. The van der Waals surface area contributed by atoms with E-state index in [1.807, 2.05) is 0 Å². The summed E-state index contributed by atoms with van der Waals surface area (Å²) in [5.74, 6) is -18.7. The molecule has 3 rings (SSSR count). The number of rotatable bonds is 2. The van der Waals surface area contributed by atoms with Gasteiger partial charge in [0.05, 0.1) is 10.8 Å². The molecule has 2 aromatic carbocycles. The topological polar surface area (TPSA) is 47.4 Å². The van der Waals surface area contributed by atoms with Crippen LogP contribution in [0.2, 0.25) is 0 Å². The zero-order valence-electron chi connectivity index (χ0n) is 15.5. The van der Waals surface area contributed by atoms with Crippen LogP contribution in [-0.4, -0.2) is 28.9 Å². The van der Waals surface area contributed by atoms with Crippen LogP contribution < -0.4 is 0 Å². The van der Waals surface area contributed by atoms with Crippen molar-refractivity contribution in [2.24, 2.45) is 0 Å². The molecule has 1 amide bonds. The number of carbonyl (C=O) groups is 1. The fraction of sp³-hybridized carbons (Fsp3) is 0.222. The predicted molar refractivity (Wildman–Crippen MR) is 93.4 cm³/mol. The molecule has 1 aliphatic rings. The molecule has 1 fully saturated rings. The number of hydrogen-bond donors (Lipinski definition) is 2. The van der Waals surface area contributed by atoms with Gasteiger partial charge in [-0.3, -0.25) is 15.1 Å². The number of benzene rings is 2. The summed E-state index contributed by atoms with van der Waals surface area (Å²) in [7, 11) is 0.806. The number of carbonyl (C=O) groups excluding carboxylic acids is 1. The van der Waals surface area contributed by atoms with Crippen molar-refractivity contribution in [1.82, 2.24) is 10.0 Å². The molecule has 0 radical (unpaired) electrons. The molecule has 4 nitrogen and oxygen atoms in total. The number of amides is 1. The Morgan fingerprint density at radius 2 is 1.42 bits per heavy atom. The summed E-state index contributed by atoms with van der Waals surface area (Å²) >= 11 is 3.29. The van der Waals surface area contributed by atoms with E-state index < -0.39 is 85.2 Å². The maximum absolute atomic E-state index is 15.2. The second-order valence-corrected chi connectivity index (χ2v) is 7.29. The minimum Gasteiger partial charge on any atom is -0.283 e. The number of halogens is 8. The van der Waals surface area contributed by atoms with E-state index in [1.54, 1.807) is 0 Å². The molecule has 0 unspecified atom stereocenters. The number of thiol groups is 1. The summed E-state index contributed by atoms with van der Waals surface area (Å²) in [6.07, 6.45) is 0. The van der Waals surface area contributed by atoms with Crippen LogP contribution in [-0.2, 0) is 10.3 Å². The van der Waals surface area contributed by atoms with Crippen molar-refractivity contribution in [3.05, 3.63) is 64.0 Å². The smallest absolute Gasteiger partial charge is 0.239 e. The summed E-state index contributed by atoms with van der Waals surface area (Å²) in [5, 5.41) is 7.06. The highest BCUT2D eigenvalue weighted by Crippen LogP contribution is 2.49. The first kappa shape index (κ1) is 22.8. The molecule has 0 aliphatic carbocycles. The second kappa shape index (κ2) is 7.39. The van der Waals surface area contributed by atoms with E-state index in [9.17, 15) is 35.5 Å². The third-order valence-electron chi connectivity index (χ3n) is 5.17. The molecule has 2 aromatic rings. The van der Waals surface area contributed by atoms with Gasteiger partial charge in [-0.15, -0.1) is 12.6 Å². The lowest BCUT2D eigenvalue weighted by molar-refractivity contribution is -0.145. The quantitative estimate of drug-likeness (QED) is 0.294. The summed E-state index contributed by atoms with van der Waals surface area (Å²) in [4.78, 5) is 11.7. The summed E-state index contributed by atoms with van der Waals surface area (Å²) in [6, 6.07) is 0.101. The molecular formula is C18H11F8N3OS. The van der Waals surface area contributed by atoms with E-state index >= 15 is 4.48 Å². The average Bonchev–Trinajstić information content (AvgIpc) is 2.72. The van der Waals surface area contributed by atoms with Crippen LogP contribution in [0.4, 0.5) is 35.2 Å². The van der Waals surface area contributed by atoms with E-state index in [1.165, 1.54) is 0 Å². The van der Waals surface area contributed by atoms with Crippen LogP contribution >= 0.6 is 12.6 Å². The minimum absolute atomic E-state index is 0.0159. The number of guanidine groups is 1. The van der Waals surface area contributed by atoms with Crippen LogP contribution in [0.1, 0.15) is 24.0 Å². The van der Waals surface area contributed by atoms with Gasteiger partial charge in [0.25, 0.3) is 0 Å². The van der Waals surface area contributed by atoms with Crippen molar-refractivity contribution >= 4 is 24.5 Å². The Morgan fingerprint density at radius 3 is 1.94 bits per heavy atom. The van der Waals surface area contributed by atoms with Gasteiger partial charge < -0.3 is 0 Å². The van der Waals surface area contributed by atoms with Crippen molar-refractivity contribution in [3.63, 3.8) is 0 Å². The molecule has 13 heteroatoms. The molecule has 0 spiro atoms. The monoisotopic (exact) mass is 469 g/mol. The van der Waals surface area contributed by atoms with Crippen molar-refractivity contribution < 1.29 is 40.0 Å². The molecule has 1 aliphatic heterocycles. The van der Waals surface area contributed by atoms with E-state index in [2.05, 4.69) is 12.6 Å². The van der Waals surface area contributed by atoms with Gasteiger partial charge in [0.15, 0.2) is 34.9 Å². The highest BCUT2D eigenvalue weighted by atomic mass is 32.1. The molecular weight excluding hydrogens is 458 g/mol. The average molecular weight is 469 g/mol. The summed E-state index contributed by atoms with van der Waals surface area (Å²) in [5.41, 5.74) is -5.75. The van der Waals surface area contributed by atoms with Gasteiger partial charge in [-0.25, -0.2) is 30.7 Å². The molecule has 0 saturated carbocycles. The zero-order valence-corrected chi connectivity index (χ0v) is 16.4. The summed E-state index contributed by atoms with van der Waals surface area (Å²) < 4.78 is 115. The highest BCUT2D eigenvalue weighted by molar-refractivity contribution is 7.80. The number of nitrogens with one attached hydrogen (secondary N) is 1. The first-order chi connectivity index (χ1) is 14.3. The van der Waals surface area contributed by atoms with Gasteiger partial charge in [0.1, 0.15) is 11.4 Å². The lowest BCUT2D eigenvalue weighted by atomic mass is 9.72. The third kappa shape index (κ3) is 3.05. The molecule has 0 bridgehead atoms. The lowest BCUT2D eigenvalue weighted by Crippen LogP contribution is -2.62. The number of hydrogen-bond acceptors (Lipinski definition) is 3. The normalized spacial score (nSPS) is 21.8. The fourth-order valence-corrected chi connectivity index (χ4v) is 3.67. The van der Waals surface area contributed by atoms with Gasteiger partial charge in [0, 0.05) is 24.2 Å². The van der Waals surface area contributed by atoms with Crippen LogP contribution in [0.25, 0.3) is 0 Å². The van der Waals surface area contributed by atoms with E-state index in [-0.39, 0.29) is 17.0 Å². The molecule has 31 heavy (non-hydrogen) atoms. The molecule has 1 saturated heterocycles. The van der Waals surface area contributed by atoms with Crippen molar-refractivity contribution in [1.29, 1.82) is 5.41 Å². The van der Waals surface area contributed by atoms with E-state index in [0.717, 1.165) is 7.05 Å². The SMILES string of the molecule is CN1C(=N)N(F)[C@](C)(c2cc(F)c(F)cc2F)[C@@H](c2c(F)c(F)c(S)c(F)c2F)C1=O. The lowest BCUT2D eigenvalue weighted by Gasteiger charge is -2.48. The van der Waals surface area contributed by atoms with E-state index in [0.29, 0.717) is 6.92 Å². The van der Waals surface area contributed by atoms with Gasteiger partial charge in [-0.05, 0) is 13.0 Å². The highest BCUT2D eigenvalue weighted by Gasteiger charge is 2.58. The first-order valence-corrected chi connectivity index (χ1v) is 8.73. The fourth-order valence-electron chi connectivity index (χ4n) is 3.47. The van der Waals surface area contributed by atoms with Gasteiger partial charge in [0.2, 0.25) is 11.9 Å². The van der Waals surface area contributed by atoms with Gasteiger partial charge in [-0.1, -0.05) is 4.48 Å². The molecule has 1 N–H and O–H groups in total. The Bertz CT molecular complexity index is 1110. The third-order valence-corrected chi connectivity index (χ3v) is 5.56. The van der Waals surface area contributed by atoms with Crippen molar-refractivity contribution in [2.45, 2.75) is 23.3 Å². The van der Waals surface area contributed by atoms with Crippen molar-refractivity contribution in [3.8, 4) is 0 Å². The Morgan fingerprint density at radius 1 is 0.935 bits per heavy atom. The van der Waals surface area contributed by atoms with Crippen LogP contribution in [0.5, 0.6) is 0 Å². The first-order valence-electron chi connectivity index (χ1n) is 8.28. The van der Waals surface area contributed by atoms with Crippen molar-refractivity contribution in [2.75, 3.05) is 7.05 Å². The number of nitrogens with zero attached hydrogens (tertiary/aromatic N) is 2.